The molecule has 0 aliphatic carbocycles. The first kappa shape index (κ1) is 16.4. The van der Waals surface area contributed by atoms with Gasteiger partial charge in [-0.1, -0.05) is 42.5 Å². The average molecular weight is 386 g/mol. The van der Waals surface area contributed by atoms with E-state index in [1.54, 1.807) is 6.07 Å². The van der Waals surface area contributed by atoms with Gasteiger partial charge in [-0.3, -0.25) is 0 Å². The van der Waals surface area contributed by atoms with Crippen LogP contribution in [0.2, 0.25) is 0 Å². The maximum Gasteiger partial charge on any atom is 0.199 e. The Labute approximate surface area is 166 Å². The summed E-state index contributed by atoms with van der Waals surface area (Å²) in [6, 6.07) is 17.1. The quantitative estimate of drug-likeness (QED) is 0.426. The fourth-order valence-corrected chi connectivity index (χ4v) is 4.91. The van der Waals surface area contributed by atoms with Crippen LogP contribution in [0.4, 0.5) is 10.1 Å². The number of aliphatic imine (C=N–C) groups is 1. The lowest BCUT2D eigenvalue weighted by Crippen LogP contribution is -2.48. The molecule has 0 saturated carbocycles. The minimum absolute atomic E-state index is 0.218. The van der Waals surface area contributed by atoms with Gasteiger partial charge in [-0.15, -0.1) is 0 Å². The van der Waals surface area contributed by atoms with Crippen LogP contribution in [-0.4, -0.2) is 21.2 Å². The number of fused-ring (bicyclic) bond motifs is 6. The van der Waals surface area contributed by atoms with E-state index in [-0.39, 0.29) is 11.7 Å². The summed E-state index contributed by atoms with van der Waals surface area (Å²) < 4.78 is 16.2. The number of benzene rings is 3. The zero-order valence-electron chi connectivity index (χ0n) is 15.6. The van der Waals surface area contributed by atoms with Crippen LogP contribution in [0.3, 0.4) is 0 Å². The van der Waals surface area contributed by atoms with Crippen LogP contribution in [-0.2, 0) is 13.0 Å². The van der Waals surface area contributed by atoms with E-state index in [1.165, 1.54) is 6.07 Å². The third kappa shape index (κ3) is 2.17. The Balaban J connectivity index is 1.54. The lowest BCUT2D eigenvalue weighted by atomic mass is 9.91. The van der Waals surface area contributed by atoms with E-state index in [9.17, 15) is 9.50 Å². The summed E-state index contributed by atoms with van der Waals surface area (Å²) in [7, 11) is 0. The Morgan fingerprint density at radius 2 is 1.93 bits per heavy atom. The maximum atomic E-state index is 14.2. The smallest absolute Gasteiger partial charge is 0.199 e. The van der Waals surface area contributed by atoms with Crippen LogP contribution in [0.5, 0.6) is 5.88 Å². The number of aromatic hydroxyl groups is 1. The van der Waals surface area contributed by atoms with Crippen molar-refractivity contribution in [2.75, 3.05) is 5.32 Å². The van der Waals surface area contributed by atoms with Crippen molar-refractivity contribution in [3.63, 3.8) is 0 Å². The highest BCUT2D eigenvalue weighted by Crippen LogP contribution is 2.43. The number of hydrogen-bond acceptors (Lipinski definition) is 4. The van der Waals surface area contributed by atoms with Gasteiger partial charge < -0.3 is 20.7 Å². The van der Waals surface area contributed by atoms with Crippen molar-refractivity contribution in [1.82, 2.24) is 4.57 Å². The normalized spacial score (nSPS) is 20.4. The van der Waals surface area contributed by atoms with Crippen molar-refractivity contribution in [3.8, 4) is 5.88 Å². The molecular formula is C23H19FN4O. The number of hydrogen-bond donors (Lipinski definition) is 3. The van der Waals surface area contributed by atoms with E-state index < -0.39 is 5.66 Å². The topological polar surface area (TPSA) is 75.6 Å². The number of amidine groups is 1. The van der Waals surface area contributed by atoms with Crippen molar-refractivity contribution in [3.05, 3.63) is 71.7 Å². The first-order valence-electron chi connectivity index (χ1n) is 9.70. The molecule has 1 spiro atoms. The molecule has 4 N–H and O–H groups in total. The van der Waals surface area contributed by atoms with Gasteiger partial charge in [-0.2, -0.15) is 0 Å². The van der Waals surface area contributed by atoms with Crippen LogP contribution in [0.1, 0.15) is 17.7 Å². The first-order chi connectivity index (χ1) is 14.1. The molecule has 29 heavy (non-hydrogen) atoms. The molecule has 6 rings (SSSR count). The Hall–Kier alpha value is -3.54. The monoisotopic (exact) mass is 386 g/mol. The molecule has 0 fully saturated rings. The van der Waals surface area contributed by atoms with Gasteiger partial charge in [0, 0.05) is 36.2 Å². The van der Waals surface area contributed by atoms with Crippen LogP contribution in [0.15, 0.2) is 59.6 Å². The second kappa shape index (κ2) is 5.50. The fourth-order valence-electron chi connectivity index (χ4n) is 4.91. The van der Waals surface area contributed by atoms with Crippen LogP contribution >= 0.6 is 0 Å². The summed E-state index contributed by atoms with van der Waals surface area (Å²) in [5.74, 6) is 0.136. The molecule has 3 aromatic carbocycles. The summed E-state index contributed by atoms with van der Waals surface area (Å²) in [6.45, 7) is 0.596. The minimum atomic E-state index is -0.649. The molecule has 2 aliphatic rings. The summed E-state index contributed by atoms with van der Waals surface area (Å²) in [5, 5.41) is 18.4. The van der Waals surface area contributed by atoms with Gasteiger partial charge in [0.05, 0.1) is 10.9 Å². The summed E-state index contributed by atoms with van der Waals surface area (Å²) in [5.41, 5.74) is 7.54. The molecule has 2 aliphatic heterocycles. The van der Waals surface area contributed by atoms with Crippen LogP contribution in [0, 0.1) is 5.82 Å². The lowest BCUT2D eigenvalue weighted by Gasteiger charge is -2.39. The van der Waals surface area contributed by atoms with Crippen molar-refractivity contribution in [2.45, 2.75) is 25.0 Å². The highest BCUT2D eigenvalue weighted by Gasteiger charge is 2.40. The van der Waals surface area contributed by atoms with Crippen LogP contribution < -0.4 is 11.1 Å². The largest absolute Gasteiger partial charge is 0.494 e. The van der Waals surface area contributed by atoms with E-state index in [4.69, 9.17) is 10.7 Å². The van der Waals surface area contributed by atoms with E-state index in [1.807, 2.05) is 34.9 Å². The van der Waals surface area contributed by atoms with Gasteiger partial charge in [0.25, 0.3) is 0 Å². The van der Waals surface area contributed by atoms with Gasteiger partial charge in [0.2, 0.25) is 0 Å². The fraction of sp³-hybridized carbons (Fsp3) is 0.174. The molecule has 4 aromatic rings. The second-order valence-electron chi connectivity index (χ2n) is 7.87. The Bertz CT molecular complexity index is 1360. The minimum Gasteiger partial charge on any atom is -0.494 e. The molecule has 3 heterocycles. The number of halogens is 1. The summed E-state index contributed by atoms with van der Waals surface area (Å²) in [6.07, 6.45) is 1.20. The predicted octanol–water partition coefficient (Wildman–Crippen LogP) is 4.11. The maximum absolute atomic E-state index is 14.2. The first-order valence-corrected chi connectivity index (χ1v) is 9.70. The molecule has 1 aromatic heterocycles. The molecule has 5 nitrogen and oxygen atoms in total. The van der Waals surface area contributed by atoms with Gasteiger partial charge in [-0.05, 0) is 22.9 Å². The molecule has 6 heteroatoms. The highest BCUT2D eigenvalue weighted by atomic mass is 19.1. The molecule has 144 valence electrons. The zero-order chi connectivity index (χ0) is 19.8. The molecule has 0 radical (unpaired) electrons. The third-order valence-corrected chi connectivity index (χ3v) is 6.23. The predicted molar refractivity (Wildman–Crippen MR) is 113 cm³/mol. The number of anilines is 1. The van der Waals surface area contributed by atoms with Gasteiger partial charge in [0.15, 0.2) is 5.88 Å². The molecule has 0 unspecified atom stereocenters. The van der Waals surface area contributed by atoms with Crippen molar-refractivity contribution < 1.29 is 9.50 Å². The molecular weight excluding hydrogens is 367 g/mol. The second-order valence-corrected chi connectivity index (χ2v) is 7.87. The Morgan fingerprint density at radius 3 is 2.83 bits per heavy atom. The number of nitrogens with zero attached hydrogens (tertiary/aromatic N) is 2. The molecule has 0 saturated heterocycles. The number of aromatic nitrogens is 1. The third-order valence-electron chi connectivity index (χ3n) is 6.23. The van der Waals surface area contributed by atoms with Crippen LogP contribution in [0.25, 0.3) is 21.5 Å². The van der Waals surface area contributed by atoms with Gasteiger partial charge in [-0.25, -0.2) is 9.38 Å². The standard InChI is InChI=1S/C23H19FN4O/c24-16-6-3-7-17-20(16)21(25)27-23(26-17)10-11-28-18(12-23)15-9-8-13-4-1-2-5-14(13)19(15)22(28)29/h1-9,26,29H,10-12H2,(H2,25,27)/t23-/m1/s1. The number of nitrogens with two attached hydrogens (primary N) is 1. The molecule has 0 bridgehead atoms. The summed E-state index contributed by atoms with van der Waals surface area (Å²) >= 11 is 0. The molecule has 1 atom stereocenters. The van der Waals surface area contributed by atoms with E-state index in [2.05, 4.69) is 17.4 Å². The highest BCUT2D eigenvalue weighted by molar-refractivity contribution is 6.11. The van der Waals surface area contributed by atoms with Crippen molar-refractivity contribution in [2.24, 2.45) is 10.7 Å². The van der Waals surface area contributed by atoms with E-state index >= 15 is 0 Å². The lowest BCUT2D eigenvalue weighted by molar-refractivity contribution is 0.331. The number of nitrogens with one attached hydrogen (secondary N) is 1. The Morgan fingerprint density at radius 1 is 1.07 bits per heavy atom. The van der Waals surface area contributed by atoms with E-state index in [0.29, 0.717) is 36.5 Å². The van der Waals surface area contributed by atoms with Crippen molar-refractivity contribution >= 4 is 33.1 Å². The average Bonchev–Trinajstić information content (AvgIpc) is 2.99. The molecule has 0 amide bonds. The summed E-state index contributed by atoms with van der Waals surface area (Å²) in [4.78, 5) is 4.70. The van der Waals surface area contributed by atoms with Gasteiger partial charge in [0.1, 0.15) is 17.3 Å². The van der Waals surface area contributed by atoms with Crippen molar-refractivity contribution in [1.29, 1.82) is 0 Å². The van der Waals surface area contributed by atoms with E-state index in [0.717, 1.165) is 27.2 Å². The Kier molecular flexibility index (Phi) is 3.12. The number of rotatable bonds is 0. The van der Waals surface area contributed by atoms with Gasteiger partial charge >= 0.3 is 0 Å². The zero-order valence-corrected chi connectivity index (χ0v) is 15.6. The SMILES string of the molecule is NC1=N[C@@]2(CCn3c(c4ccc5ccccc5c4c3O)C2)Nc2cccc(F)c21.